The van der Waals surface area contributed by atoms with Crippen molar-refractivity contribution in [1.82, 2.24) is 15.0 Å². The number of halogens is 1. The first kappa shape index (κ1) is 18.5. The number of fused-ring (bicyclic) bond motifs is 2. The molecule has 5 nitrogen and oxygen atoms in total. The molecule has 2 aromatic heterocycles. The molecule has 1 amide bonds. The van der Waals surface area contributed by atoms with Crippen LogP contribution in [0.25, 0.3) is 21.9 Å². The zero-order chi connectivity index (χ0) is 20.5. The molecule has 0 aliphatic rings. The van der Waals surface area contributed by atoms with Gasteiger partial charge < -0.3 is 15.3 Å². The number of amides is 1. The van der Waals surface area contributed by atoms with Gasteiger partial charge in [-0.3, -0.25) is 4.79 Å². The Morgan fingerprint density at radius 3 is 2.63 bits per heavy atom. The first-order chi connectivity index (χ1) is 14.6. The van der Waals surface area contributed by atoms with E-state index in [0.29, 0.717) is 16.4 Å². The molecule has 0 aliphatic heterocycles. The van der Waals surface area contributed by atoms with Gasteiger partial charge in [0.1, 0.15) is 11.5 Å². The van der Waals surface area contributed by atoms with Gasteiger partial charge in [0, 0.05) is 28.0 Å². The summed E-state index contributed by atoms with van der Waals surface area (Å²) in [7, 11) is 0. The average molecular weight is 415 g/mol. The molecule has 0 fully saturated rings. The van der Waals surface area contributed by atoms with Gasteiger partial charge in [-0.25, -0.2) is 4.98 Å². The van der Waals surface area contributed by atoms with Crippen LogP contribution < -0.4 is 5.32 Å². The smallest absolute Gasteiger partial charge is 0.272 e. The maximum absolute atomic E-state index is 12.7. The zero-order valence-electron chi connectivity index (χ0n) is 16.1. The molecule has 30 heavy (non-hydrogen) atoms. The van der Waals surface area contributed by atoms with Gasteiger partial charge in [-0.15, -0.1) is 0 Å². The summed E-state index contributed by atoms with van der Waals surface area (Å²) in [6, 6.07) is 23.3. The first-order valence-corrected chi connectivity index (χ1v) is 10.1. The van der Waals surface area contributed by atoms with Crippen LogP contribution >= 0.6 is 11.6 Å². The Morgan fingerprint density at radius 1 is 0.900 bits per heavy atom. The van der Waals surface area contributed by atoms with Crippen LogP contribution in [0, 0.1) is 0 Å². The standard InChI is InChI=1S/C24H19ClN4O/c25-17-7-9-19-16(12-17)13-22(27-19)24(30)26-18-8-10-20-21(14-18)29-23(28-20)11-6-15-4-2-1-3-5-15/h1-5,7-10,12-14,27H,6,11H2,(H,26,30)(H,28,29). The van der Waals surface area contributed by atoms with Gasteiger partial charge >= 0.3 is 0 Å². The summed E-state index contributed by atoms with van der Waals surface area (Å²) < 4.78 is 0. The summed E-state index contributed by atoms with van der Waals surface area (Å²) in [6.45, 7) is 0. The molecule has 0 unspecified atom stereocenters. The lowest BCUT2D eigenvalue weighted by Crippen LogP contribution is -2.12. The highest BCUT2D eigenvalue weighted by Gasteiger charge is 2.11. The molecule has 3 aromatic carbocycles. The summed E-state index contributed by atoms with van der Waals surface area (Å²) in [5.74, 6) is 0.732. The lowest BCUT2D eigenvalue weighted by Gasteiger charge is -2.03. The van der Waals surface area contributed by atoms with Crippen LogP contribution in [-0.2, 0) is 12.8 Å². The fourth-order valence-corrected chi connectivity index (χ4v) is 3.77. The molecule has 148 valence electrons. The molecule has 3 N–H and O–H groups in total. The minimum atomic E-state index is -0.203. The number of aromatic amines is 2. The minimum Gasteiger partial charge on any atom is -0.351 e. The number of hydrogen-bond acceptors (Lipinski definition) is 2. The van der Waals surface area contributed by atoms with Crippen molar-refractivity contribution in [2.24, 2.45) is 0 Å². The Labute approximate surface area is 178 Å². The van der Waals surface area contributed by atoms with E-state index in [2.05, 4.69) is 32.4 Å². The number of carbonyl (C=O) groups is 1. The Balaban J connectivity index is 1.32. The number of H-pyrrole nitrogens is 2. The SMILES string of the molecule is O=C(Nc1ccc2nc(CCc3ccccc3)[nH]c2c1)c1cc2cc(Cl)ccc2[nH]1. The van der Waals surface area contributed by atoms with E-state index in [1.54, 1.807) is 12.1 Å². The molecular weight excluding hydrogens is 396 g/mol. The summed E-state index contributed by atoms with van der Waals surface area (Å²) in [5.41, 5.74) is 5.14. The van der Waals surface area contributed by atoms with Crippen LogP contribution in [0.4, 0.5) is 5.69 Å². The Bertz CT molecular complexity index is 1350. The van der Waals surface area contributed by atoms with Crippen LogP contribution in [0.15, 0.2) is 72.8 Å². The number of hydrogen-bond donors (Lipinski definition) is 3. The van der Waals surface area contributed by atoms with E-state index in [1.807, 2.05) is 48.5 Å². The van der Waals surface area contributed by atoms with Gasteiger partial charge in [-0.05, 0) is 54.4 Å². The second-order valence-corrected chi connectivity index (χ2v) is 7.71. The minimum absolute atomic E-state index is 0.203. The molecule has 6 heteroatoms. The van der Waals surface area contributed by atoms with Crippen LogP contribution in [0.1, 0.15) is 21.9 Å². The lowest BCUT2D eigenvalue weighted by molar-refractivity contribution is 0.102. The molecule has 0 saturated heterocycles. The van der Waals surface area contributed by atoms with E-state index in [9.17, 15) is 4.79 Å². The van der Waals surface area contributed by atoms with Gasteiger partial charge in [0.2, 0.25) is 0 Å². The van der Waals surface area contributed by atoms with Crippen molar-refractivity contribution in [2.45, 2.75) is 12.8 Å². The predicted molar refractivity (Wildman–Crippen MR) is 121 cm³/mol. The third kappa shape index (κ3) is 3.80. The van der Waals surface area contributed by atoms with Gasteiger partial charge in [0.05, 0.1) is 11.0 Å². The highest BCUT2D eigenvalue weighted by Crippen LogP contribution is 2.22. The zero-order valence-corrected chi connectivity index (χ0v) is 16.8. The molecule has 0 atom stereocenters. The van der Waals surface area contributed by atoms with Gasteiger partial charge in [-0.2, -0.15) is 0 Å². The van der Waals surface area contributed by atoms with Crippen molar-refractivity contribution in [2.75, 3.05) is 5.32 Å². The largest absolute Gasteiger partial charge is 0.351 e. The molecular formula is C24H19ClN4O. The number of imidazole rings is 1. The van der Waals surface area contributed by atoms with E-state index in [0.717, 1.165) is 40.6 Å². The Kier molecular flexibility index (Phi) is 4.73. The Hall–Kier alpha value is -3.57. The third-order valence-electron chi connectivity index (χ3n) is 5.11. The Morgan fingerprint density at radius 2 is 1.77 bits per heavy atom. The lowest BCUT2D eigenvalue weighted by atomic mass is 10.1. The van der Waals surface area contributed by atoms with Crippen LogP contribution in [0.3, 0.4) is 0 Å². The van der Waals surface area contributed by atoms with Gasteiger partial charge in [0.25, 0.3) is 5.91 Å². The van der Waals surface area contributed by atoms with E-state index in [1.165, 1.54) is 5.56 Å². The highest BCUT2D eigenvalue weighted by molar-refractivity contribution is 6.31. The fourth-order valence-electron chi connectivity index (χ4n) is 3.59. The molecule has 0 aliphatic carbocycles. The van der Waals surface area contributed by atoms with Crippen LogP contribution in [0.2, 0.25) is 5.02 Å². The summed E-state index contributed by atoms with van der Waals surface area (Å²) >= 11 is 6.03. The van der Waals surface area contributed by atoms with Crippen molar-refractivity contribution in [3.63, 3.8) is 0 Å². The number of anilines is 1. The topological polar surface area (TPSA) is 73.6 Å². The molecule has 0 spiro atoms. The normalized spacial score (nSPS) is 11.2. The number of nitrogens with one attached hydrogen (secondary N) is 3. The first-order valence-electron chi connectivity index (χ1n) is 9.76. The second-order valence-electron chi connectivity index (χ2n) is 7.27. The summed E-state index contributed by atoms with van der Waals surface area (Å²) in [5, 5.41) is 4.48. The maximum Gasteiger partial charge on any atom is 0.272 e. The quantitative estimate of drug-likeness (QED) is 0.343. The van der Waals surface area contributed by atoms with Crippen molar-refractivity contribution in [1.29, 1.82) is 0 Å². The summed E-state index contributed by atoms with van der Waals surface area (Å²) in [6.07, 6.45) is 1.76. The fraction of sp³-hybridized carbons (Fsp3) is 0.0833. The number of carbonyl (C=O) groups excluding carboxylic acids is 1. The molecule has 5 rings (SSSR count). The third-order valence-corrected chi connectivity index (χ3v) is 5.34. The predicted octanol–water partition coefficient (Wildman–Crippen LogP) is 5.74. The number of aromatic nitrogens is 3. The van der Waals surface area contributed by atoms with Gasteiger partial charge in [-0.1, -0.05) is 41.9 Å². The molecule has 0 radical (unpaired) electrons. The number of aryl methyl sites for hydroxylation is 2. The average Bonchev–Trinajstić information content (AvgIpc) is 3.36. The van der Waals surface area contributed by atoms with Gasteiger partial charge in [0.15, 0.2) is 0 Å². The molecule has 5 aromatic rings. The monoisotopic (exact) mass is 414 g/mol. The number of benzene rings is 3. The van der Waals surface area contributed by atoms with Crippen LogP contribution in [0.5, 0.6) is 0 Å². The molecule has 0 saturated carbocycles. The van der Waals surface area contributed by atoms with Crippen molar-refractivity contribution in [3.05, 3.63) is 94.9 Å². The molecule has 2 heterocycles. The number of rotatable bonds is 5. The van der Waals surface area contributed by atoms with E-state index >= 15 is 0 Å². The van der Waals surface area contributed by atoms with Crippen molar-refractivity contribution >= 4 is 45.1 Å². The van der Waals surface area contributed by atoms with E-state index < -0.39 is 0 Å². The molecule has 0 bridgehead atoms. The van der Waals surface area contributed by atoms with Crippen molar-refractivity contribution < 1.29 is 4.79 Å². The highest BCUT2D eigenvalue weighted by atomic mass is 35.5. The van der Waals surface area contributed by atoms with E-state index in [-0.39, 0.29) is 5.91 Å². The maximum atomic E-state index is 12.7. The van der Waals surface area contributed by atoms with E-state index in [4.69, 9.17) is 11.6 Å². The van der Waals surface area contributed by atoms with Crippen LogP contribution in [-0.4, -0.2) is 20.9 Å². The summed E-state index contributed by atoms with van der Waals surface area (Å²) in [4.78, 5) is 23.8. The second kappa shape index (κ2) is 7.69. The van der Waals surface area contributed by atoms with Crippen molar-refractivity contribution in [3.8, 4) is 0 Å². The number of nitrogens with zero attached hydrogens (tertiary/aromatic N) is 1.